The van der Waals surface area contributed by atoms with Crippen molar-refractivity contribution in [1.82, 2.24) is 9.78 Å². The maximum absolute atomic E-state index is 5.98. The van der Waals surface area contributed by atoms with Gasteiger partial charge in [-0.3, -0.25) is 4.68 Å². The average Bonchev–Trinajstić information content (AvgIpc) is 3.32. The van der Waals surface area contributed by atoms with Gasteiger partial charge in [0.05, 0.1) is 10.9 Å². The van der Waals surface area contributed by atoms with Crippen molar-refractivity contribution in [3.8, 4) is 11.3 Å². The fourth-order valence-electron chi connectivity index (χ4n) is 2.52. The van der Waals surface area contributed by atoms with Gasteiger partial charge in [0.25, 0.3) is 0 Å². The van der Waals surface area contributed by atoms with Crippen LogP contribution >= 0.6 is 23.4 Å². The summed E-state index contributed by atoms with van der Waals surface area (Å²) in [4.78, 5) is 2.38. The van der Waals surface area contributed by atoms with E-state index in [0.717, 1.165) is 10.7 Å². The van der Waals surface area contributed by atoms with E-state index >= 15 is 0 Å². The van der Waals surface area contributed by atoms with Crippen LogP contribution in [-0.2, 0) is 0 Å². The molecule has 23 heavy (non-hydrogen) atoms. The molecule has 2 nitrogen and oxygen atoms in total. The largest absolute Gasteiger partial charge is 0.268 e. The summed E-state index contributed by atoms with van der Waals surface area (Å²) < 4.78 is 2.13. The number of hydrogen-bond donors (Lipinski definition) is 0. The highest BCUT2D eigenvalue weighted by atomic mass is 35.5. The van der Waals surface area contributed by atoms with Gasteiger partial charge in [0.15, 0.2) is 0 Å². The van der Waals surface area contributed by atoms with Crippen LogP contribution in [0.2, 0.25) is 5.02 Å². The molecule has 116 valence electrons. The van der Waals surface area contributed by atoms with Crippen LogP contribution in [0, 0.1) is 6.92 Å². The Balaban J connectivity index is 1.71. The summed E-state index contributed by atoms with van der Waals surface area (Å²) in [6.45, 7) is 2.11. The van der Waals surface area contributed by atoms with Crippen molar-refractivity contribution in [2.45, 2.75) is 35.6 Å². The number of nitrogens with zero attached hydrogens (tertiary/aromatic N) is 2. The Morgan fingerprint density at radius 3 is 2.39 bits per heavy atom. The fraction of sp³-hybridized carbons (Fsp3) is 0.211. The predicted octanol–water partition coefficient (Wildman–Crippen LogP) is 6.00. The smallest absolute Gasteiger partial charge is 0.106 e. The van der Waals surface area contributed by atoms with Crippen molar-refractivity contribution < 1.29 is 0 Å². The van der Waals surface area contributed by atoms with Crippen LogP contribution in [-0.4, -0.2) is 9.78 Å². The van der Waals surface area contributed by atoms with E-state index < -0.39 is 0 Å². The Morgan fingerprint density at radius 2 is 1.74 bits per heavy atom. The molecule has 1 aliphatic carbocycles. The lowest BCUT2D eigenvalue weighted by atomic mass is 10.1. The molecule has 0 radical (unpaired) electrons. The maximum Gasteiger partial charge on any atom is 0.106 e. The zero-order valence-electron chi connectivity index (χ0n) is 12.9. The third-order valence-corrected chi connectivity index (χ3v) is 5.26. The van der Waals surface area contributed by atoms with Gasteiger partial charge in [-0.25, -0.2) is 0 Å². The van der Waals surface area contributed by atoms with Crippen molar-refractivity contribution in [3.05, 3.63) is 65.3 Å². The van der Waals surface area contributed by atoms with Gasteiger partial charge in [-0.05, 0) is 44.0 Å². The molecular weight excluding hydrogens is 324 g/mol. The molecule has 2 aromatic carbocycles. The predicted molar refractivity (Wildman–Crippen MR) is 96.2 cm³/mol. The third-order valence-electron chi connectivity index (χ3n) is 3.99. The first kappa shape index (κ1) is 14.9. The number of aromatic nitrogens is 2. The molecule has 0 amide bonds. The van der Waals surface area contributed by atoms with Crippen LogP contribution in [0.1, 0.15) is 24.4 Å². The van der Waals surface area contributed by atoms with Gasteiger partial charge in [0.2, 0.25) is 0 Å². The van der Waals surface area contributed by atoms with Crippen LogP contribution < -0.4 is 0 Å². The van der Waals surface area contributed by atoms with E-state index in [9.17, 15) is 0 Å². The minimum absolute atomic E-state index is 0.582. The van der Waals surface area contributed by atoms with Crippen LogP contribution in [0.25, 0.3) is 11.3 Å². The number of benzene rings is 2. The van der Waals surface area contributed by atoms with E-state index in [2.05, 4.69) is 54.2 Å². The fourth-order valence-corrected chi connectivity index (χ4v) is 3.58. The van der Waals surface area contributed by atoms with Gasteiger partial charge in [-0.1, -0.05) is 53.2 Å². The van der Waals surface area contributed by atoms with Gasteiger partial charge in [0, 0.05) is 21.7 Å². The lowest BCUT2D eigenvalue weighted by Crippen LogP contribution is -1.93. The number of halogens is 1. The number of rotatable bonds is 4. The first-order chi connectivity index (χ1) is 11.2. The van der Waals surface area contributed by atoms with E-state index in [1.54, 1.807) is 11.8 Å². The normalized spacial score (nSPS) is 14.2. The van der Waals surface area contributed by atoms with Gasteiger partial charge in [-0.15, -0.1) is 0 Å². The Hall–Kier alpha value is -1.71. The van der Waals surface area contributed by atoms with Crippen molar-refractivity contribution >= 4 is 23.4 Å². The molecule has 0 N–H and O–H groups in total. The topological polar surface area (TPSA) is 17.8 Å². The van der Waals surface area contributed by atoms with Crippen molar-refractivity contribution in [2.24, 2.45) is 0 Å². The summed E-state index contributed by atoms with van der Waals surface area (Å²) in [5.74, 6) is 0. The molecule has 3 aromatic rings. The standard InChI is InChI=1S/C19H17ClN2S/c1-13-2-4-14(5-3-13)19-18(12-22(21-19)16-8-9-16)23-17-10-6-15(20)7-11-17/h2-7,10-12,16H,8-9H2,1H3. The molecule has 0 spiro atoms. The SMILES string of the molecule is Cc1ccc(-c2nn(C3CC3)cc2Sc2ccc(Cl)cc2)cc1. The Kier molecular flexibility index (Phi) is 3.92. The molecule has 1 aliphatic rings. The van der Waals surface area contributed by atoms with Crippen molar-refractivity contribution in [3.63, 3.8) is 0 Å². The molecule has 1 aromatic heterocycles. The Bertz CT molecular complexity index is 818. The average molecular weight is 341 g/mol. The minimum atomic E-state index is 0.582. The quantitative estimate of drug-likeness (QED) is 0.579. The molecule has 0 bridgehead atoms. The molecule has 4 rings (SSSR count). The first-order valence-corrected chi connectivity index (χ1v) is 8.98. The maximum atomic E-state index is 5.98. The van der Waals surface area contributed by atoms with E-state index in [-0.39, 0.29) is 0 Å². The Labute approximate surface area is 145 Å². The zero-order chi connectivity index (χ0) is 15.8. The first-order valence-electron chi connectivity index (χ1n) is 7.79. The van der Waals surface area contributed by atoms with Crippen molar-refractivity contribution in [2.75, 3.05) is 0 Å². The molecule has 0 unspecified atom stereocenters. The highest BCUT2D eigenvalue weighted by Crippen LogP contribution is 2.40. The Morgan fingerprint density at radius 1 is 1.04 bits per heavy atom. The van der Waals surface area contributed by atoms with Crippen LogP contribution in [0.5, 0.6) is 0 Å². The lowest BCUT2D eigenvalue weighted by Gasteiger charge is -2.03. The van der Waals surface area contributed by atoms with Gasteiger partial charge < -0.3 is 0 Å². The van der Waals surface area contributed by atoms with Gasteiger partial charge in [-0.2, -0.15) is 5.10 Å². The number of aryl methyl sites for hydroxylation is 1. The molecule has 1 fully saturated rings. The second-order valence-electron chi connectivity index (χ2n) is 5.98. The summed E-state index contributed by atoms with van der Waals surface area (Å²) in [7, 11) is 0. The molecule has 1 saturated carbocycles. The highest BCUT2D eigenvalue weighted by molar-refractivity contribution is 7.99. The van der Waals surface area contributed by atoms with Crippen molar-refractivity contribution in [1.29, 1.82) is 0 Å². The summed E-state index contributed by atoms with van der Waals surface area (Å²) in [5, 5.41) is 5.62. The van der Waals surface area contributed by atoms with Crippen LogP contribution in [0.4, 0.5) is 0 Å². The summed E-state index contributed by atoms with van der Waals surface area (Å²) >= 11 is 7.73. The minimum Gasteiger partial charge on any atom is -0.268 e. The zero-order valence-corrected chi connectivity index (χ0v) is 14.4. The van der Waals surface area contributed by atoms with E-state index in [4.69, 9.17) is 16.7 Å². The summed E-state index contributed by atoms with van der Waals surface area (Å²) in [6, 6.07) is 17.1. The molecular formula is C19H17ClN2S. The van der Waals surface area contributed by atoms with Crippen LogP contribution in [0.15, 0.2) is 64.5 Å². The highest BCUT2D eigenvalue weighted by Gasteiger charge is 2.26. The monoisotopic (exact) mass is 340 g/mol. The van der Waals surface area contributed by atoms with Gasteiger partial charge in [0.1, 0.15) is 5.69 Å². The third kappa shape index (κ3) is 3.31. The summed E-state index contributed by atoms with van der Waals surface area (Å²) in [5.41, 5.74) is 3.51. The van der Waals surface area contributed by atoms with Crippen LogP contribution in [0.3, 0.4) is 0 Å². The van der Waals surface area contributed by atoms with E-state index in [1.807, 2.05) is 12.1 Å². The molecule has 0 saturated heterocycles. The number of hydrogen-bond acceptors (Lipinski definition) is 2. The second-order valence-corrected chi connectivity index (χ2v) is 7.53. The molecule has 1 heterocycles. The van der Waals surface area contributed by atoms with Gasteiger partial charge >= 0.3 is 0 Å². The molecule has 4 heteroatoms. The van der Waals surface area contributed by atoms with E-state index in [0.29, 0.717) is 6.04 Å². The second kappa shape index (κ2) is 6.06. The molecule has 0 aliphatic heterocycles. The molecule has 0 atom stereocenters. The van der Waals surface area contributed by atoms with E-state index in [1.165, 1.54) is 33.8 Å². The summed E-state index contributed by atoms with van der Waals surface area (Å²) in [6.07, 6.45) is 4.66. The lowest BCUT2D eigenvalue weighted by molar-refractivity contribution is 0.642.